The number of aromatic nitrogens is 4. The van der Waals surface area contributed by atoms with E-state index in [1.54, 1.807) is 28.6 Å². The van der Waals surface area contributed by atoms with Gasteiger partial charge in [-0.25, -0.2) is 13.8 Å². The van der Waals surface area contributed by atoms with Crippen molar-refractivity contribution in [3.8, 4) is 17.4 Å². The molecule has 2 N–H and O–H groups in total. The van der Waals surface area contributed by atoms with E-state index in [-0.39, 0.29) is 23.9 Å². The van der Waals surface area contributed by atoms with Crippen LogP contribution >= 0.6 is 0 Å². The number of likely N-dealkylation sites (tertiary alicyclic amines) is 1. The molecule has 1 saturated heterocycles. The predicted molar refractivity (Wildman–Crippen MR) is 139 cm³/mol. The summed E-state index contributed by atoms with van der Waals surface area (Å²) in [6, 6.07) is 8.48. The highest BCUT2D eigenvalue weighted by Crippen LogP contribution is 2.39. The minimum atomic E-state index is -1.47. The minimum absolute atomic E-state index is 0.00462. The molecule has 3 fully saturated rings. The number of imidazole rings is 1. The van der Waals surface area contributed by atoms with Crippen molar-refractivity contribution in [2.24, 2.45) is 24.6 Å². The molecule has 1 aromatic carbocycles. The van der Waals surface area contributed by atoms with Gasteiger partial charge in [-0.1, -0.05) is 0 Å². The summed E-state index contributed by atoms with van der Waals surface area (Å²) in [7, 11) is 1.78. The van der Waals surface area contributed by atoms with Gasteiger partial charge in [-0.3, -0.25) is 4.79 Å². The van der Waals surface area contributed by atoms with Gasteiger partial charge in [0.2, 0.25) is 12.2 Å². The number of carbonyl (C=O) groups is 1. The number of piperidine rings is 1. The highest BCUT2D eigenvalue weighted by molar-refractivity contribution is 5.98. The molecule has 2 bridgehead atoms. The van der Waals surface area contributed by atoms with E-state index in [9.17, 15) is 9.18 Å². The Morgan fingerprint density at radius 2 is 2.00 bits per heavy atom. The first kappa shape index (κ1) is 23.6. The fourth-order valence-electron chi connectivity index (χ4n) is 6.37. The number of pyridine rings is 1. The van der Waals surface area contributed by atoms with E-state index in [2.05, 4.69) is 9.55 Å². The van der Waals surface area contributed by atoms with Crippen molar-refractivity contribution < 1.29 is 18.3 Å². The van der Waals surface area contributed by atoms with Crippen LogP contribution in [0.3, 0.4) is 0 Å². The van der Waals surface area contributed by atoms with E-state index < -0.39 is 12.2 Å². The zero-order chi connectivity index (χ0) is 26.3. The Kier molecular flexibility index (Phi) is 5.27. The summed E-state index contributed by atoms with van der Waals surface area (Å²) in [6.45, 7) is 2.67. The molecule has 3 aromatic heterocycles. The summed E-state index contributed by atoms with van der Waals surface area (Å²) in [5.74, 6) is 0.946. The van der Waals surface area contributed by atoms with Crippen LogP contribution < -0.4 is 10.5 Å². The van der Waals surface area contributed by atoms with Gasteiger partial charge >= 0.3 is 0 Å². The largest absolute Gasteiger partial charge is 0.444 e. The highest BCUT2D eigenvalue weighted by atomic mass is 19.1. The number of benzene rings is 1. The number of fused-ring (bicyclic) bond motifs is 4. The lowest BCUT2D eigenvalue weighted by Gasteiger charge is -2.27. The Balaban J connectivity index is 1.31. The normalized spacial score (nSPS) is 23.6. The van der Waals surface area contributed by atoms with Crippen LogP contribution in [0, 0.1) is 17.7 Å². The van der Waals surface area contributed by atoms with Crippen molar-refractivity contribution in [2.45, 2.75) is 57.6 Å². The number of ether oxygens (including phenoxy) is 1. The van der Waals surface area contributed by atoms with Gasteiger partial charge in [-0.15, -0.1) is 0 Å². The molecule has 1 unspecified atom stereocenters. The van der Waals surface area contributed by atoms with Crippen LogP contribution in [0.2, 0.25) is 0 Å². The number of aryl methyl sites for hydroxylation is 1. The second kappa shape index (κ2) is 8.49. The Morgan fingerprint density at radius 1 is 1.18 bits per heavy atom. The van der Waals surface area contributed by atoms with E-state index in [1.165, 1.54) is 13.0 Å². The van der Waals surface area contributed by atoms with E-state index in [1.807, 2.05) is 12.1 Å². The van der Waals surface area contributed by atoms with Gasteiger partial charge < -0.3 is 24.5 Å². The van der Waals surface area contributed by atoms with Crippen molar-refractivity contribution in [2.75, 3.05) is 6.54 Å². The maximum atomic E-state index is 15.5. The molecule has 0 spiro atoms. The molecule has 38 heavy (non-hydrogen) atoms. The number of rotatable bonds is 6. The molecule has 10 heteroatoms. The number of hydrogen-bond acceptors (Lipinski definition) is 5. The Labute approximate surface area is 218 Å². The van der Waals surface area contributed by atoms with Gasteiger partial charge in [0.15, 0.2) is 5.82 Å². The second-order valence-corrected chi connectivity index (χ2v) is 11.1. The van der Waals surface area contributed by atoms with Gasteiger partial charge in [-0.05, 0) is 61.8 Å². The van der Waals surface area contributed by atoms with E-state index in [0.717, 1.165) is 43.3 Å². The molecule has 2 aliphatic carbocycles. The lowest BCUT2D eigenvalue weighted by Crippen LogP contribution is -2.41. The molecule has 198 valence electrons. The predicted octanol–water partition coefficient (Wildman–Crippen LogP) is 4.40. The first-order valence-electron chi connectivity index (χ1n) is 13.3. The van der Waals surface area contributed by atoms with Crippen LogP contribution in [-0.2, 0) is 13.6 Å². The van der Waals surface area contributed by atoms with Crippen LogP contribution in [0.15, 0.2) is 30.3 Å². The highest BCUT2D eigenvalue weighted by Gasteiger charge is 2.47. The fourth-order valence-corrected chi connectivity index (χ4v) is 6.37. The summed E-state index contributed by atoms with van der Waals surface area (Å²) in [6.07, 6.45) is 2.71. The van der Waals surface area contributed by atoms with E-state index >= 15 is 4.39 Å². The maximum absolute atomic E-state index is 15.5. The number of nitrogens with zero attached hydrogens (tertiary/aromatic N) is 5. The second-order valence-electron chi connectivity index (χ2n) is 11.1. The number of amides is 1. The molecule has 2 saturated carbocycles. The molecular formula is C28H30F2N6O2. The van der Waals surface area contributed by atoms with Crippen LogP contribution in [0.25, 0.3) is 33.6 Å². The molecular weight excluding hydrogens is 490 g/mol. The molecule has 4 heterocycles. The van der Waals surface area contributed by atoms with E-state index in [0.29, 0.717) is 46.4 Å². The molecule has 4 aromatic rings. The number of alkyl halides is 1. The Morgan fingerprint density at radius 3 is 2.68 bits per heavy atom. The molecule has 1 amide bonds. The zero-order valence-corrected chi connectivity index (χ0v) is 21.4. The number of hydrogen-bond donors (Lipinski definition) is 1. The molecule has 1 aliphatic heterocycles. The summed E-state index contributed by atoms with van der Waals surface area (Å²) < 4.78 is 38.0. The Hall–Kier alpha value is -3.53. The zero-order valence-electron chi connectivity index (χ0n) is 21.4. The van der Waals surface area contributed by atoms with Crippen LogP contribution in [-0.4, -0.2) is 54.9 Å². The third kappa shape index (κ3) is 3.68. The standard InChI is InChI=1S/C28H30F2N6O2/c1-14(29)38-23-8-6-16-11-22(35(26(16)33-23)12-15-3-4-15)27-32-20-10-18(9-19(30)25(20)34(27)2)28(37)36-13-17-5-7-21(36)24(17)31/h6,8-11,14-15,17,21,24H,3-5,7,12-13,31H2,1-2H3/t14?,17-,21-,24-/m1/s1. The van der Waals surface area contributed by atoms with Crippen molar-refractivity contribution in [3.63, 3.8) is 0 Å². The smallest absolute Gasteiger partial charge is 0.254 e. The van der Waals surface area contributed by atoms with E-state index in [4.69, 9.17) is 15.5 Å². The first-order chi connectivity index (χ1) is 18.3. The van der Waals surface area contributed by atoms with Gasteiger partial charge in [-0.2, -0.15) is 4.98 Å². The molecule has 4 atom stereocenters. The average molecular weight is 521 g/mol. The molecule has 0 radical (unpaired) electrons. The summed E-state index contributed by atoms with van der Waals surface area (Å²) >= 11 is 0. The first-order valence-corrected chi connectivity index (χ1v) is 13.3. The van der Waals surface area contributed by atoms with Gasteiger partial charge in [0.1, 0.15) is 17.0 Å². The lowest BCUT2D eigenvalue weighted by molar-refractivity contribution is 0.0700. The van der Waals surface area contributed by atoms with Gasteiger partial charge in [0, 0.05) is 56.2 Å². The third-order valence-electron chi connectivity index (χ3n) is 8.45. The van der Waals surface area contributed by atoms with Crippen molar-refractivity contribution in [3.05, 3.63) is 41.7 Å². The number of carbonyl (C=O) groups excluding carboxylic acids is 1. The number of halogens is 2. The SMILES string of the molecule is CC(F)Oc1ccc2cc(-c3nc4cc(C(=O)N5C[C@H]6CC[C@@H]5[C@@H]6N)cc(F)c4n3C)n(CC3CC3)c2n1. The summed E-state index contributed by atoms with van der Waals surface area (Å²) in [4.78, 5) is 24.6. The van der Waals surface area contributed by atoms with Gasteiger partial charge in [0.05, 0.1) is 11.2 Å². The molecule has 3 aliphatic rings. The maximum Gasteiger partial charge on any atom is 0.254 e. The van der Waals surface area contributed by atoms with Crippen molar-refractivity contribution in [1.29, 1.82) is 0 Å². The van der Waals surface area contributed by atoms with Crippen LogP contribution in [0.4, 0.5) is 8.78 Å². The topological polar surface area (TPSA) is 91.2 Å². The number of nitrogens with two attached hydrogens (primary N) is 1. The average Bonchev–Trinajstić information content (AvgIpc) is 3.28. The molecule has 7 rings (SSSR count). The minimum Gasteiger partial charge on any atom is -0.444 e. The monoisotopic (exact) mass is 520 g/mol. The lowest BCUT2D eigenvalue weighted by atomic mass is 10.1. The van der Waals surface area contributed by atoms with Crippen molar-refractivity contribution >= 4 is 28.0 Å². The quantitative estimate of drug-likeness (QED) is 0.407. The molecule has 8 nitrogen and oxygen atoms in total. The van der Waals surface area contributed by atoms with Crippen LogP contribution in [0.5, 0.6) is 5.88 Å². The summed E-state index contributed by atoms with van der Waals surface area (Å²) in [5, 5.41) is 0.864. The fraction of sp³-hybridized carbons (Fsp3) is 0.464. The Bertz CT molecular complexity index is 1590. The third-order valence-corrected chi connectivity index (χ3v) is 8.45. The summed E-state index contributed by atoms with van der Waals surface area (Å²) in [5.41, 5.74) is 8.82. The van der Waals surface area contributed by atoms with Crippen molar-refractivity contribution in [1.82, 2.24) is 24.0 Å². The van der Waals surface area contributed by atoms with Gasteiger partial charge in [0.25, 0.3) is 5.91 Å². The van der Waals surface area contributed by atoms with Crippen LogP contribution in [0.1, 0.15) is 43.0 Å².